The van der Waals surface area contributed by atoms with Crippen LogP contribution in [0, 0.1) is 0 Å². The largest absolute Gasteiger partial charge is 0.309 e. The third-order valence-corrected chi connectivity index (χ3v) is 10.4. The van der Waals surface area contributed by atoms with Gasteiger partial charge in [-0.25, -0.2) is 0 Å². The number of benzene rings is 9. The zero-order chi connectivity index (χ0) is 34.4. The van der Waals surface area contributed by atoms with E-state index in [0.29, 0.717) is 0 Å². The summed E-state index contributed by atoms with van der Waals surface area (Å²) >= 11 is 0. The van der Waals surface area contributed by atoms with Crippen molar-refractivity contribution < 1.29 is 0 Å². The van der Waals surface area contributed by atoms with Crippen LogP contribution in [0.4, 0.5) is 17.1 Å². The normalized spacial score (nSPS) is 11.5. The van der Waals surface area contributed by atoms with Gasteiger partial charge < -0.3 is 9.47 Å². The van der Waals surface area contributed by atoms with Gasteiger partial charge in [0.15, 0.2) is 0 Å². The highest BCUT2D eigenvalue weighted by Gasteiger charge is 2.25. The van der Waals surface area contributed by atoms with Crippen molar-refractivity contribution in [3.8, 4) is 27.9 Å². The van der Waals surface area contributed by atoms with E-state index in [-0.39, 0.29) is 0 Å². The summed E-state index contributed by atoms with van der Waals surface area (Å²) in [6.07, 6.45) is 0. The van der Waals surface area contributed by atoms with E-state index in [1.165, 1.54) is 65.6 Å². The summed E-state index contributed by atoms with van der Waals surface area (Å²) in [7, 11) is 0. The molecule has 10 rings (SSSR count). The van der Waals surface area contributed by atoms with Crippen LogP contribution in [-0.4, -0.2) is 4.57 Å². The molecule has 0 atom stereocenters. The second kappa shape index (κ2) is 12.5. The number of hydrogen-bond acceptors (Lipinski definition) is 1. The molecule has 0 aliphatic rings. The number of para-hydroxylation sites is 3. The lowest BCUT2D eigenvalue weighted by Crippen LogP contribution is -2.12. The SMILES string of the molecule is c1ccc(-c2ccc(N(c3ccccc3-c3cccc4ccccc34)c3cccc4c3c3ccccc3n4-c3ccccc3)c3ccccc23)cc1. The highest BCUT2D eigenvalue weighted by molar-refractivity contribution is 6.18. The molecule has 0 spiro atoms. The summed E-state index contributed by atoms with van der Waals surface area (Å²) in [4.78, 5) is 2.51. The highest BCUT2D eigenvalue weighted by Crippen LogP contribution is 2.49. The van der Waals surface area contributed by atoms with Gasteiger partial charge in [-0.3, -0.25) is 0 Å². The fourth-order valence-corrected chi connectivity index (χ4v) is 8.14. The van der Waals surface area contributed by atoms with E-state index in [0.717, 1.165) is 22.7 Å². The van der Waals surface area contributed by atoms with Gasteiger partial charge in [-0.1, -0.05) is 164 Å². The second-order valence-electron chi connectivity index (χ2n) is 13.3. The number of nitrogens with zero attached hydrogens (tertiary/aromatic N) is 2. The van der Waals surface area contributed by atoms with Crippen LogP contribution >= 0.6 is 0 Å². The molecule has 9 aromatic carbocycles. The van der Waals surface area contributed by atoms with E-state index in [4.69, 9.17) is 0 Å². The Bertz CT molecular complexity index is 2900. The fraction of sp³-hybridized carbons (Fsp3) is 0. The van der Waals surface area contributed by atoms with Crippen molar-refractivity contribution in [3.05, 3.63) is 206 Å². The summed E-state index contributed by atoms with van der Waals surface area (Å²) in [6, 6.07) is 74.7. The van der Waals surface area contributed by atoms with Crippen LogP contribution in [0.2, 0.25) is 0 Å². The molecule has 1 heterocycles. The lowest BCUT2D eigenvalue weighted by molar-refractivity contribution is 1.18. The van der Waals surface area contributed by atoms with Crippen molar-refractivity contribution in [3.63, 3.8) is 0 Å². The van der Waals surface area contributed by atoms with Gasteiger partial charge in [-0.15, -0.1) is 0 Å². The maximum Gasteiger partial charge on any atom is 0.0562 e. The molecule has 2 nitrogen and oxygen atoms in total. The molecule has 0 saturated heterocycles. The maximum absolute atomic E-state index is 2.51. The summed E-state index contributed by atoms with van der Waals surface area (Å²) in [5.74, 6) is 0. The smallest absolute Gasteiger partial charge is 0.0562 e. The number of fused-ring (bicyclic) bond motifs is 5. The first-order valence-corrected chi connectivity index (χ1v) is 17.9. The molecule has 0 bridgehead atoms. The molecule has 52 heavy (non-hydrogen) atoms. The van der Waals surface area contributed by atoms with Crippen LogP contribution < -0.4 is 4.90 Å². The zero-order valence-corrected chi connectivity index (χ0v) is 28.5. The second-order valence-corrected chi connectivity index (χ2v) is 13.3. The lowest BCUT2D eigenvalue weighted by atomic mass is 9.94. The quantitative estimate of drug-likeness (QED) is 0.172. The molecular formula is C50H34N2. The van der Waals surface area contributed by atoms with E-state index in [9.17, 15) is 0 Å². The Kier molecular flexibility index (Phi) is 7.18. The predicted molar refractivity (Wildman–Crippen MR) is 221 cm³/mol. The molecule has 2 heteroatoms. The maximum atomic E-state index is 2.51. The van der Waals surface area contributed by atoms with Crippen molar-refractivity contribution in [1.82, 2.24) is 4.57 Å². The Labute approximate surface area is 303 Å². The Hall–Kier alpha value is -6.90. The predicted octanol–water partition coefficient (Wildman–Crippen LogP) is 13.9. The highest BCUT2D eigenvalue weighted by atomic mass is 15.2. The summed E-state index contributed by atoms with van der Waals surface area (Å²) in [5, 5.41) is 7.31. The minimum absolute atomic E-state index is 1.13. The fourth-order valence-electron chi connectivity index (χ4n) is 8.14. The minimum Gasteiger partial charge on any atom is -0.309 e. The van der Waals surface area contributed by atoms with Gasteiger partial charge >= 0.3 is 0 Å². The number of anilines is 3. The van der Waals surface area contributed by atoms with E-state index in [1.807, 2.05) is 0 Å². The van der Waals surface area contributed by atoms with Crippen LogP contribution in [0.1, 0.15) is 0 Å². The third-order valence-electron chi connectivity index (χ3n) is 10.4. The molecule has 0 aliphatic heterocycles. The van der Waals surface area contributed by atoms with Crippen molar-refractivity contribution in [2.24, 2.45) is 0 Å². The molecule has 0 N–H and O–H groups in total. The third kappa shape index (κ3) is 4.80. The van der Waals surface area contributed by atoms with E-state index >= 15 is 0 Å². The molecule has 0 aliphatic carbocycles. The molecule has 10 aromatic rings. The first kappa shape index (κ1) is 30.0. The molecule has 0 fully saturated rings. The van der Waals surface area contributed by atoms with Gasteiger partial charge in [-0.2, -0.15) is 0 Å². The van der Waals surface area contributed by atoms with Gasteiger partial charge in [0.05, 0.1) is 28.1 Å². The Morgan fingerprint density at radius 1 is 0.308 bits per heavy atom. The van der Waals surface area contributed by atoms with Crippen LogP contribution in [0.15, 0.2) is 206 Å². The van der Waals surface area contributed by atoms with Crippen LogP contribution in [0.5, 0.6) is 0 Å². The lowest BCUT2D eigenvalue weighted by Gasteiger charge is -2.30. The molecular weight excluding hydrogens is 629 g/mol. The topological polar surface area (TPSA) is 8.17 Å². The average molecular weight is 663 g/mol. The van der Waals surface area contributed by atoms with Crippen LogP contribution in [0.3, 0.4) is 0 Å². The standard InChI is InChI=1S/C50H34N2/c1-3-17-35(18-4-1)39-33-34-47(43-25-10-9-24-40(39)43)52(45-29-13-11-26-42(45)41-28-15-20-36-19-7-8-23-38(36)41)49-32-16-31-48-50(49)44-27-12-14-30-46(44)51(48)37-21-5-2-6-22-37/h1-34H. The van der Waals surface area contributed by atoms with Crippen molar-refractivity contribution in [2.75, 3.05) is 4.90 Å². The number of hydrogen-bond donors (Lipinski definition) is 0. The van der Waals surface area contributed by atoms with Gasteiger partial charge in [0.2, 0.25) is 0 Å². The average Bonchev–Trinajstić information content (AvgIpc) is 3.57. The summed E-state index contributed by atoms with van der Waals surface area (Å²) in [6.45, 7) is 0. The zero-order valence-electron chi connectivity index (χ0n) is 28.5. The van der Waals surface area contributed by atoms with Gasteiger partial charge in [0.25, 0.3) is 0 Å². The number of rotatable bonds is 6. The summed E-state index contributed by atoms with van der Waals surface area (Å²) < 4.78 is 2.40. The van der Waals surface area contributed by atoms with Crippen LogP contribution in [-0.2, 0) is 0 Å². The van der Waals surface area contributed by atoms with E-state index < -0.39 is 0 Å². The van der Waals surface area contributed by atoms with E-state index in [2.05, 4.69) is 216 Å². The van der Waals surface area contributed by atoms with Crippen LogP contribution in [0.25, 0.3) is 71.3 Å². The Morgan fingerprint density at radius 2 is 0.885 bits per heavy atom. The molecule has 0 amide bonds. The Balaban J connectivity index is 1.33. The molecule has 0 radical (unpaired) electrons. The Morgan fingerprint density at radius 3 is 1.73 bits per heavy atom. The van der Waals surface area contributed by atoms with Gasteiger partial charge in [-0.05, 0) is 75.3 Å². The van der Waals surface area contributed by atoms with Gasteiger partial charge in [0, 0.05) is 27.4 Å². The summed E-state index contributed by atoms with van der Waals surface area (Å²) in [5.41, 5.74) is 11.7. The van der Waals surface area contributed by atoms with E-state index in [1.54, 1.807) is 0 Å². The minimum atomic E-state index is 1.13. The monoisotopic (exact) mass is 662 g/mol. The first-order valence-electron chi connectivity index (χ1n) is 17.9. The molecule has 244 valence electrons. The molecule has 1 aromatic heterocycles. The molecule has 0 unspecified atom stereocenters. The first-order chi connectivity index (χ1) is 25.8. The number of aromatic nitrogens is 1. The van der Waals surface area contributed by atoms with Gasteiger partial charge in [0.1, 0.15) is 0 Å². The van der Waals surface area contributed by atoms with Crippen molar-refractivity contribution in [1.29, 1.82) is 0 Å². The van der Waals surface area contributed by atoms with Crippen molar-refractivity contribution >= 4 is 60.4 Å². The molecule has 0 saturated carbocycles. The van der Waals surface area contributed by atoms with Crippen molar-refractivity contribution in [2.45, 2.75) is 0 Å².